The minimum absolute atomic E-state index is 0.136. The predicted octanol–water partition coefficient (Wildman–Crippen LogP) is 1.64. The van der Waals surface area contributed by atoms with Crippen LogP contribution < -0.4 is 10.6 Å². The number of thiophene rings is 1. The highest BCUT2D eigenvalue weighted by molar-refractivity contribution is 7.08. The first-order valence-corrected chi connectivity index (χ1v) is 7.00. The number of nitrogens with one attached hydrogen (secondary N) is 2. The molecule has 1 aliphatic rings. The number of hydrogen-bond donors (Lipinski definition) is 2. The minimum Gasteiger partial charge on any atom is -0.338 e. The average molecular weight is 264 g/mol. The fourth-order valence-electron chi connectivity index (χ4n) is 2.09. The molecule has 0 radical (unpaired) electrons. The topological polar surface area (TPSA) is 63.0 Å². The molecule has 1 aliphatic heterocycles. The molecule has 2 aromatic rings. The second-order valence-electron chi connectivity index (χ2n) is 4.86. The zero-order valence-electron chi connectivity index (χ0n) is 10.3. The average Bonchev–Trinajstić information content (AvgIpc) is 3.08. The van der Waals surface area contributed by atoms with Crippen LogP contribution >= 0.6 is 11.3 Å². The van der Waals surface area contributed by atoms with E-state index < -0.39 is 0 Å². The highest BCUT2D eigenvalue weighted by Crippen LogP contribution is 2.19. The SMILES string of the molecule is CC1(NCc2nc(-c3ccsc3)no2)CCNC1. The smallest absolute Gasteiger partial charge is 0.240 e. The summed E-state index contributed by atoms with van der Waals surface area (Å²) < 4.78 is 5.25. The number of aromatic nitrogens is 2. The third kappa shape index (κ3) is 2.45. The van der Waals surface area contributed by atoms with Crippen LogP contribution in [0, 0.1) is 0 Å². The van der Waals surface area contributed by atoms with Gasteiger partial charge in [-0.2, -0.15) is 16.3 Å². The first-order chi connectivity index (χ1) is 8.75. The lowest BCUT2D eigenvalue weighted by Crippen LogP contribution is -2.43. The van der Waals surface area contributed by atoms with Crippen LogP contribution in [0.1, 0.15) is 19.2 Å². The molecule has 1 saturated heterocycles. The predicted molar refractivity (Wildman–Crippen MR) is 70.3 cm³/mol. The molecule has 5 nitrogen and oxygen atoms in total. The van der Waals surface area contributed by atoms with E-state index >= 15 is 0 Å². The summed E-state index contributed by atoms with van der Waals surface area (Å²) in [5.74, 6) is 1.31. The molecule has 0 bridgehead atoms. The maximum absolute atomic E-state index is 5.25. The molecule has 18 heavy (non-hydrogen) atoms. The van der Waals surface area contributed by atoms with Gasteiger partial charge in [0.05, 0.1) is 6.54 Å². The zero-order valence-corrected chi connectivity index (χ0v) is 11.1. The van der Waals surface area contributed by atoms with E-state index in [1.54, 1.807) is 11.3 Å². The van der Waals surface area contributed by atoms with Gasteiger partial charge >= 0.3 is 0 Å². The van der Waals surface area contributed by atoms with Crippen molar-refractivity contribution < 1.29 is 4.52 Å². The Labute approximate surface area is 110 Å². The Bertz CT molecular complexity index is 502. The van der Waals surface area contributed by atoms with Gasteiger partial charge in [0.1, 0.15) is 0 Å². The van der Waals surface area contributed by atoms with Crippen LogP contribution in [0.25, 0.3) is 11.4 Å². The van der Waals surface area contributed by atoms with E-state index in [0.29, 0.717) is 18.3 Å². The Morgan fingerprint density at radius 3 is 3.28 bits per heavy atom. The molecule has 0 amide bonds. The lowest BCUT2D eigenvalue weighted by Gasteiger charge is -2.23. The van der Waals surface area contributed by atoms with Gasteiger partial charge in [0.15, 0.2) is 0 Å². The molecule has 3 rings (SSSR count). The van der Waals surface area contributed by atoms with Crippen molar-refractivity contribution in [3.63, 3.8) is 0 Å². The van der Waals surface area contributed by atoms with Gasteiger partial charge in [-0.15, -0.1) is 0 Å². The van der Waals surface area contributed by atoms with Crippen LogP contribution in [0.3, 0.4) is 0 Å². The van der Waals surface area contributed by atoms with Crippen molar-refractivity contribution in [2.75, 3.05) is 13.1 Å². The minimum atomic E-state index is 0.136. The molecular formula is C12H16N4OS. The van der Waals surface area contributed by atoms with Gasteiger partial charge in [0.25, 0.3) is 0 Å². The molecule has 1 fully saturated rings. The summed E-state index contributed by atoms with van der Waals surface area (Å²) in [5.41, 5.74) is 1.15. The summed E-state index contributed by atoms with van der Waals surface area (Å²) >= 11 is 1.63. The first kappa shape index (κ1) is 11.8. The fraction of sp³-hybridized carbons (Fsp3) is 0.500. The highest BCUT2D eigenvalue weighted by atomic mass is 32.1. The largest absolute Gasteiger partial charge is 0.338 e. The molecule has 96 valence electrons. The van der Waals surface area contributed by atoms with Crippen molar-refractivity contribution in [2.24, 2.45) is 0 Å². The maximum atomic E-state index is 5.25. The molecule has 0 saturated carbocycles. The van der Waals surface area contributed by atoms with Crippen LogP contribution in [0.4, 0.5) is 0 Å². The van der Waals surface area contributed by atoms with Gasteiger partial charge in [-0.1, -0.05) is 5.16 Å². The monoisotopic (exact) mass is 264 g/mol. The van der Waals surface area contributed by atoms with Crippen molar-refractivity contribution in [1.29, 1.82) is 0 Å². The van der Waals surface area contributed by atoms with Gasteiger partial charge in [-0.25, -0.2) is 0 Å². The zero-order chi connectivity index (χ0) is 12.4. The van der Waals surface area contributed by atoms with Gasteiger partial charge in [-0.05, 0) is 31.3 Å². The standard InChI is InChI=1S/C12H16N4OS/c1-12(3-4-13-8-12)14-6-10-15-11(16-17-10)9-2-5-18-7-9/h2,5,7,13-14H,3-4,6,8H2,1H3. The summed E-state index contributed by atoms with van der Waals surface area (Å²) in [4.78, 5) is 4.39. The van der Waals surface area contributed by atoms with Gasteiger partial charge < -0.3 is 15.2 Å². The molecule has 2 N–H and O–H groups in total. The van der Waals surface area contributed by atoms with Crippen LogP contribution in [0.15, 0.2) is 21.3 Å². The molecule has 3 heterocycles. The maximum Gasteiger partial charge on any atom is 0.240 e. The third-order valence-electron chi connectivity index (χ3n) is 3.28. The molecule has 0 aliphatic carbocycles. The third-order valence-corrected chi connectivity index (χ3v) is 3.97. The Morgan fingerprint density at radius 2 is 2.56 bits per heavy atom. The highest BCUT2D eigenvalue weighted by Gasteiger charge is 2.28. The van der Waals surface area contributed by atoms with Gasteiger partial charge in [0.2, 0.25) is 11.7 Å². The molecule has 0 aromatic carbocycles. The first-order valence-electron chi connectivity index (χ1n) is 6.06. The van der Waals surface area contributed by atoms with E-state index in [2.05, 4.69) is 27.7 Å². The van der Waals surface area contributed by atoms with Crippen molar-refractivity contribution in [3.8, 4) is 11.4 Å². The van der Waals surface area contributed by atoms with Crippen LogP contribution in [0.2, 0.25) is 0 Å². The molecule has 2 aromatic heterocycles. The van der Waals surface area contributed by atoms with Crippen LogP contribution in [-0.4, -0.2) is 28.8 Å². The summed E-state index contributed by atoms with van der Waals surface area (Å²) in [6, 6.07) is 1.99. The number of hydrogen-bond acceptors (Lipinski definition) is 6. The van der Waals surface area contributed by atoms with Gasteiger partial charge in [-0.3, -0.25) is 0 Å². The summed E-state index contributed by atoms with van der Waals surface area (Å²) in [6.07, 6.45) is 1.12. The summed E-state index contributed by atoms with van der Waals surface area (Å²) in [5, 5.41) is 14.8. The van der Waals surface area contributed by atoms with Crippen molar-refractivity contribution >= 4 is 11.3 Å². The van der Waals surface area contributed by atoms with Gasteiger partial charge in [0, 0.05) is 23.0 Å². The van der Waals surface area contributed by atoms with Crippen LogP contribution in [-0.2, 0) is 6.54 Å². The Morgan fingerprint density at radius 1 is 1.61 bits per heavy atom. The molecule has 6 heteroatoms. The van der Waals surface area contributed by atoms with Crippen molar-refractivity contribution in [2.45, 2.75) is 25.4 Å². The van der Waals surface area contributed by atoms with E-state index in [1.165, 1.54) is 0 Å². The van der Waals surface area contributed by atoms with Crippen molar-refractivity contribution in [1.82, 2.24) is 20.8 Å². The molecule has 1 atom stereocenters. The number of rotatable bonds is 4. The normalized spacial score (nSPS) is 23.6. The Kier molecular flexibility index (Phi) is 3.15. The summed E-state index contributed by atoms with van der Waals surface area (Å²) in [6.45, 7) is 4.88. The summed E-state index contributed by atoms with van der Waals surface area (Å²) in [7, 11) is 0. The molecule has 0 spiro atoms. The quantitative estimate of drug-likeness (QED) is 0.879. The number of nitrogens with zero attached hydrogens (tertiary/aromatic N) is 2. The second-order valence-corrected chi connectivity index (χ2v) is 5.64. The van der Waals surface area contributed by atoms with Crippen molar-refractivity contribution in [3.05, 3.63) is 22.7 Å². The Hall–Kier alpha value is -1.24. The van der Waals surface area contributed by atoms with E-state index in [4.69, 9.17) is 4.52 Å². The lowest BCUT2D eigenvalue weighted by atomic mass is 10.0. The van der Waals surface area contributed by atoms with E-state index in [9.17, 15) is 0 Å². The van der Waals surface area contributed by atoms with Crippen LogP contribution in [0.5, 0.6) is 0 Å². The van der Waals surface area contributed by atoms with E-state index in [-0.39, 0.29) is 5.54 Å². The Balaban J connectivity index is 1.64. The lowest BCUT2D eigenvalue weighted by molar-refractivity contribution is 0.323. The van der Waals surface area contributed by atoms with E-state index in [0.717, 1.165) is 25.1 Å². The van der Waals surface area contributed by atoms with E-state index in [1.807, 2.05) is 16.8 Å². The molecule has 1 unspecified atom stereocenters. The second kappa shape index (κ2) is 4.79. The molecular weight excluding hydrogens is 248 g/mol. The fourth-order valence-corrected chi connectivity index (χ4v) is 2.73.